The van der Waals surface area contributed by atoms with Gasteiger partial charge in [-0.2, -0.15) is 0 Å². The number of urea groups is 1. The standard InChI is InChI=1S/C21H26N2O4/c1-14(2)20(16-5-7-17(25-3)8-6-16)23-21(24)22-13-15-4-9-18-19(12-15)27-11-10-26-18/h4-9,12,14,20H,10-11,13H2,1-3H3,(H2,22,23,24). The van der Waals surface area contributed by atoms with Gasteiger partial charge >= 0.3 is 6.03 Å². The van der Waals surface area contributed by atoms with E-state index in [-0.39, 0.29) is 18.0 Å². The second kappa shape index (κ2) is 8.66. The lowest BCUT2D eigenvalue weighted by molar-refractivity contribution is 0.171. The molecule has 6 nitrogen and oxygen atoms in total. The fraction of sp³-hybridized carbons (Fsp3) is 0.381. The van der Waals surface area contributed by atoms with E-state index in [1.807, 2.05) is 42.5 Å². The number of hydrogen-bond acceptors (Lipinski definition) is 4. The molecule has 0 radical (unpaired) electrons. The molecule has 0 bridgehead atoms. The van der Waals surface area contributed by atoms with E-state index in [0.717, 1.165) is 28.4 Å². The molecular weight excluding hydrogens is 344 g/mol. The second-order valence-corrected chi connectivity index (χ2v) is 6.80. The van der Waals surface area contributed by atoms with Crippen molar-refractivity contribution >= 4 is 6.03 Å². The van der Waals surface area contributed by atoms with Crippen LogP contribution in [-0.4, -0.2) is 26.4 Å². The van der Waals surface area contributed by atoms with Crippen molar-refractivity contribution in [1.82, 2.24) is 10.6 Å². The summed E-state index contributed by atoms with van der Waals surface area (Å²) in [5.41, 5.74) is 2.00. The molecule has 1 atom stereocenters. The summed E-state index contributed by atoms with van der Waals surface area (Å²) in [5, 5.41) is 5.97. The topological polar surface area (TPSA) is 68.8 Å². The lowest BCUT2D eigenvalue weighted by Crippen LogP contribution is -2.39. The second-order valence-electron chi connectivity index (χ2n) is 6.80. The van der Waals surface area contributed by atoms with Gasteiger partial charge in [0.15, 0.2) is 11.5 Å². The van der Waals surface area contributed by atoms with E-state index >= 15 is 0 Å². The minimum Gasteiger partial charge on any atom is -0.497 e. The summed E-state index contributed by atoms with van der Waals surface area (Å²) >= 11 is 0. The minimum atomic E-state index is -0.209. The van der Waals surface area contributed by atoms with Crippen LogP contribution in [0, 0.1) is 5.92 Å². The maximum Gasteiger partial charge on any atom is 0.315 e. The molecule has 0 fully saturated rings. The van der Waals surface area contributed by atoms with Crippen molar-refractivity contribution in [3.05, 3.63) is 53.6 Å². The van der Waals surface area contributed by atoms with Crippen LogP contribution in [0.5, 0.6) is 17.2 Å². The lowest BCUT2D eigenvalue weighted by atomic mass is 9.96. The molecule has 1 aliphatic rings. The van der Waals surface area contributed by atoms with Crippen LogP contribution < -0.4 is 24.8 Å². The number of carbonyl (C=O) groups excluding carboxylic acids is 1. The third-order valence-electron chi connectivity index (χ3n) is 4.49. The summed E-state index contributed by atoms with van der Waals surface area (Å²) in [6.07, 6.45) is 0. The Balaban J connectivity index is 1.59. The third-order valence-corrected chi connectivity index (χ3v) is 4.49. The molecule has 0 saturated heterocycles. The molecule has 1 heterocycles. The van der Waals surface area contributed by atoms with Crippen LogP contribution in [0.3, 0.4) is 0 Å². The van der Waals surface area contributed by atoms with Crippen molar-refractivity contribution in [2.45, 2.75) is 26.4 Å². The number of carbonyl (C=O) groups is 1. The van der Waals surface area contributed by atoms with Crippen LogP contribution in [-0.2, 0) is 6.54 Å². The molecule has 2 amide bonds. The molecule has 1 unspecified atom stereocenters. The molecule has 0 aliphatic carbocycles. The first-order chi connectivity index (χ1) is 13.1. The Morgan fingerprint density at radius 1 is 1.07 bits per heavy atom. The van der Waals surface area contributed by atoms with Crippen molar-refractivity contribution < 1.29 is 19.0 Å². The molecule has 0 spiro atoms. The molecular formula is C21H26N2O4. The lowest BCUT2D eigenvalue weighted by Gasteiger charge is -2.23. The summed E-state index contributed by atoms with van der Waals surface area (Å²) in [6, 6.07) is 13.2. The monoisotopic (exact) mass is 370 g/mol. The predicted molar refractivity (Wildman–Crippen MR) is 103 cm³/mol. The van der Waals surface area contributed by atoms with Gasteiger partial charge in [0.25, 0.3) is 0 Å². The minimum absolute atomic E-state index is 0.0869. The zero-order valence-corrected chi connectivity index (χ0v) is 16.0. The largest absolute Gasteiger partial charge is 0.497 e. The zero-order chi connectivity index (χ0) is 19.2. The van der Waals surface area contributed by atoms with Crippen LogP contribution >= 0.6 is 0 Å². The molecule has 3 rings (SSSR count). The van der Waals surface area contributed by atoms with Crippen molar-refractivity contribution in [3.63, 3.8) is 0 Å². The van der Waals surface area contributed by atoms with Gasteiger partial charge in [0.1, 0.15) is 19.0 Å². The number of amides is 2. The molecule has 0 saturated carbocycles. The first-order valence-corrected chi connectivity index (χ1v) is 9.13. The van der Waals surface area contributed by atoms with Gasteiger partial charge in [-0.25, -0.2) is 4.79 Å². The summed E-state index contributed by atoms with van der Waals surface area (Å²) in [5.74, 6) is 2.51. The van der Waals surface area contributed by atoms with Gasteiger partial charge in [-0.1, -0.05) is 32.0 Å². The van der Waals surface area contributed by atoms with E-state index in [2.05, 4.69) is 24.5 Å². The highest BCUT2D eigenvalue weighted by molar-refractivity contribution is 5.74. The van der Waals surface area contributed by atoms with E-state index in [1.54, 1.807) is 7.11 Å². The van der Waals surface area contributed by atoms with Crippen LogP contribution in [0.4, 0.5) is 4.79 Å². The SMILES string of the molecule is COc1ccc(C(NC(=O)NCc2ccc3c(c2)OCCO3)C(C)C)cc1. The summed E-state index contributed by atoms with van der Waals surface area (Å²) in [6.45, 7) is 5.68. The fourth-order valence-corrected chi connectivity index (χ4v) is 3.02. The maximum absolute atomic E-state index is 12.4. The van der Waals surface area contributed by atoms with Crippen molar-refractivity contribution in [2.24, 2.45) is 5.92 Å². The number of rotatable bonds is 6. The van der Waals surface area contributed by atoms with Gasteiger partial charge in [-0.3, -0.25) is 0 Å². The summed E-state index contributed by atoms with van der Waals surface area (Å²) in [4.78, 5) is 12.4. The number of ether oxygens (including phenoxy) is 3. The highest BCUT2D eigenvalue weighted by Gasteiger charge is 2.18. The van der Waals surface area contributed by atoms with Gasteiger partial charge in [0.05, 0.1) is 13.2 Å². The Morgan fingerprint density at radius 3 is 2.44 bits per heavy atom. The van der Waals surface area contributed by atoms with Crippen LogP contribution in [0.2, 0.25) is 0 Å². The van der Waals surface area contributed by atoms with Gasteiger partial charge in [0, 0.05) is 6.54 Å². The summed E-state index contributed by atoms with van der Waals surface area (Å²) in [7, 11) is 1.64. The first-order valence-electron chi connectivity index (χ1n) is 9.13. The Hall–Kier alpha value is -2.89. The molecule has 6 heteroatoms. The molecule has 2 aromatic rings. The Labute approximate surface area is 159 Å². The predicted octanol–water partition coefficient (Wildman–Crippen LogP) is 3.66. The zero-order valence-electron chi connectivity index (χ0n) is 16.0. The number of hydrogen-bond donors (Lipinski definition) is 2. The van der Waals surface area contributed by atoms with Crippen molar-refractivity contribution in [3.8, 4) is 17.2 Å². The van der Waals surface area contributed by atoms with E-state index in [1.165, 1.54) is 0 Å². The number of nitrogens with one attached hydrogen (secondary N) is 2. The Morgan fingerprint density at radius 2 is 1.78 bits per heavy atom. The molecule has 144 valence electrons. The average Bonchev–Trinajstić information content (AvgIpc) is 2.70. The first kappa shape index (κ1) is 18.9. The molecule has 0 aromatic heterocycles. The van der Waals surface area contributed by atoms with Crippen LogP contribution in [0.1, 0.15) is 31.0 Å². The number of benzene rings is 2. The quantitative estimate of drug-likeness (QED) is 0.814. The van der Waals surface area contributed by atoms with Gasteiger partial charge < -0.3 is 24.8 Å². The van der Waals surface area contributed by atoms with Gasteiger partial charge in [0.2, 0.25) is 0 Å². The van der Waals surface area contributed by atoms with Gasteiger partial charge in [-0.15, -0.1) is 0 Å². The highest BCUT2D eigenvalue weighted by atomic mass is 16.6. The van der Waals surface area contributed by atoms with Crippen molar-refractivity contribution in [1.29, 1.82) is 0 Å². The fourth-order valence-electron chi connectivity index (χ4n) is 3.02. The average molecular weight is 370 g/mol. The Kier molecular flexibility index (Phi) is 6.06. The van der Waals surface area contributed by atoms with E-state index < -0.39 is 0 Å². The molecule has 27 heavy (non-hydrogen) atoms. The van der Waals surface area contributed by atoms with E-state index in [9.17, 15) is 4.79 Å². The van der Waals surface area contributed by atoms with Crippen LogP contribution in [0.15, 0.2) is 42.5 Å². The third kappa shape index (κ3) is 4.84. The molecule has 1 aliphatic heterocycles. The van der Waals surface area contributed by atoms with Crippen LogP contribution in [0.25, 0.3) is 0 Å². The van der Waals surface area contributed by atoms with Crippen molar-refractivity contribution in [2.75, 3.05) is 20.3 Å². The normalized spacial score (nSPS) is 13.8. The van der Waals surface area contributed by atoms with E-state index in [0.29, 0.717) is 19.8 Å². The highest BCUT2D eigenvalue weighted by Crippen LogP contribution is 2.30. The smallest absolute Gasteiger partial charge is 0.315 e. The molecule has 2 N–H and O–H groups in total. The van der Waals surface area contributed by atoms with Gasteiger partial charge in [-0.05, 0) is 41.3 Å². The van der Waals surface area contributed by atoms with E-state index in [4.69, 9.17) is 14.2 Å². The number of methoxy groups -OCH3 is 1. The number of fused-ring (bicyclic) bond motifs is 1. The summed E-state index contributed by atoms with van der Waals surface area (Å²) < 4.78 is 16.3. The Bertz CT molecular complexity index is 774. The maximum atomic E-state index is 12.4. The molecule has 2 aromatic carbocycles.